The van der Waals surface area contributed by atoms with E-state index in [-0.39, 0.29) is 5.41 Å². The fourth-order valence-corrected chi connectivity index (χ4v) is 7.45. The average molecular weight is 572 g/mol. The van der Waals surface area contributed by atoms with Crippen LogP contribution in [0.4, 0.5) is 0 Å². The van der Waals surface area contributed by atoms with Gasteiger partial charge in [0.1, 0.15) is 0 Å². The summed E-state index contributed by atoms with van der Waals surface area (Å²) in [6.45, 7) is 13.0. The maximum atomic E-state index is 9.67. The van der Waals surface area contributed by atoms with Gasteiger partial charge in [0, 0.05) is 5.41 Å². The first kappa shape index (κ1) is 27.1. The summed E-state index contributed by atoms with van der Waals surface area (Å²) in [6, 6.07) is 37.3. The van der Waals surface area contributed by atoms with Crippen LogP contribution in [-0.4, -0.2) is 18.3 Å². The van der Waals surface area contributed by atoms with Crippen LogP contribution >= 0.6 is 0 Å². The van der Waals surface area contributed by atoms with Gasteiger partial charge in [0.15, 0.2) is 0 Å². The number of fused-ring (bicyclic) bond motifs is 8. The molecule has 1 fully saturated rings. The molecule has 4 heteroatoms. The molecule has 0 N–H and O–H groups in total. The Labute approximate surface area is 259 Å². The lowest BCUT2D eigenvalue weighted by Gasteiger charge is -2.32. The second-order valence-corrected chi connectivity index (χ2v) is 13.9. The Morgan fingerprint density at radius 2 is 1.16 bits per heavy atom. The molecule has 0 radical (unpaired) electrons. The van der Waals surface area contributed by atoms with Gasteiger partial charge < -0.3 is 9.31 Å². The molecule has 0 bridgehead atoms. The minimum absolute atomic E-state index is 0.204. The molecule has 214 valence electrons. The van der Waals surface area contributed by atoms with E-state index in [1.54, 1.807) is 0 Å². The molecule has 0 amide bonds. The van der Waals surface area contributed by atoms with Crippen molar-refractivity contribution < 1.29 is 9.31 Å². The summed E-state index contributed by atoms with van der Waals surface area (Å²) in [5.74, 6) is 0. The van der Waals surface area contributed by atoms with Crippen molar-refractivity contribution in [2.24, 2.45) is 0 Å². The first-order valence-electron chi connectivity index (χ1n) is 15.4. The van der Waals surface area contributed by atoms with Gasteiger partial charge in [0.25, 0.3) is 0 Å². The van der Waals surface area contributed by atoms with Gasteiger partial charge in [-0.05, 0) is 117 Å². The van der Waals surface area contributed by atoms with Crippen molar-refractivity contribution in [2.75, 3.05) is 0 Å². The van der Waals surface area contributed by atoms with E-state index < -0.39 is 18.3 Å². The summed E-state index contributed by atoms with van der Waals surface area (Å²) in [6.07, 6.45) is 0. The Hall–Kier alpha value is -4.43. The van der Waals surface area contributed by atoms with Crippen LogP contribution in [0.15, 0.2) is 97.1 Å². The summed E-state index contributed by atoms with van der Waals surface area (Å²) in [5.41, 5.74) is 8.13. The monoisotopic (exact) mass is 571 g/mol. The van der Waals surface area contributed by atoms with E-state index in [4.69, 9.17) is 9.31 Å². The first-order valence-corrected chi connectivity index (χ1v) is 15.4. The fraction of sp³-hybridized carbons (Fsp3) is 0.225. The van der Waals surface area contributed by atoms with E-state index in [0.29, 0.717) is 5.56 Å². The van der Waals surface area contributed by atoms with Gasteiger partial charge in [-0.3, -0.25) is 0 Å². The fourth-order valence-electron chi connectivity index (χ4n) is 7.45. The van der Waals surface area contributed by atoms with Crippen molar-refractivity contribution in [1.82, 2.24) is 0 Å². The highest BCUT2D eigenvalue weighted by Crippen LogP contribution is 2.53. The molecule has 1 aliphatic heterocycles. The molecular weight excluding hydrogens is 537 g/mol. The van der Waals surface area contributed by atoms with Crippen LogP contribution in [-0.2, 0) is 14.7 Å². The topological polar surface area (TPSA) is 42.2 Å². The third-order valence-electron chi connectivity index (χ3n) is 10.5. The van der Waals surface area contributed by atoms with Crippen LogP contribution in [0.3, 0.4) is 0 Å². The maximum Gasteiger partial charge on any atom is 0.495 e. The molecule has 8 rings (SSSR count). The average Bonchev–Trinajstić information content (AvgIpc) is 3.39. The van der Waals surface area contributed by atoms with Gasteiger partial charge in [-0.1, -0.05) is 92.7 Å². The Bertz CT molecular complexity index is 2220. The van der Waals surface area contributed by atoms with E-state index in [0.717, 1.165) is 10.8 Å². The van der Waals surface area contributed by atoms with Crippen molar-refractivity contribution >= 4 is 44.9 Å². The van der Waals surface area contributed by atoms with Gasteiger partial charge in [0.05, 0.1) is 22.8 Å². The van der Waals surface area contributed by atoms with Crippen LogP contribution in [0, 0.1) is 11.3 Å². The number of hydrogen-bond donors (Lipinski definition) is 0. The van der Waals surface area contributed by atoms with E-state index >= 15 is 0 Å². The second kappa shape index (κ2) is 9.05. The zero-order valence-electron chi connectivity index (χ0n) is 26.1. The van der Waals surface area contributed by atoms with E-state index in [9.17, 15) is 5.26 Å². The lowest BCUT2D eigenvalue weighted by atomic mass is 9.74. The Kier molecular flexibility index (Phi) is 5.58. The van der Waals surface area contributed by atoms with Crippen LogP contribution in [0.2, 0.25) is 0 Å². The van der Waals surface area contributed by atoms with Crippen molar-refractivity contribution in [1.29, 1.82) is 5.26 Å². The lowest BCUT2D eigenvalue weighted by Crippen LogP contribution is -2.41. The number of benzene rings is 6. The summed E-state index contributed by atoms with van der Waals surface area (Å²) in [4.78, 5) is 0. The molecule has 2 aliphatic rings. The molecule has 44 heavy (non-hydrogen) atoms. The molecule has 0 atom stereocenters. The molecule has 0 spiro atoms. The van der Waals surface area contributed by atoms with Crippen LogP contribution in [0.25, 0.3) is 54.6 Å². The van der Waals surface area contributed by atoms with Crippen molar-refractivity contribution in [2.45, 2.75) is 58.2 Å². The molecule has 6 aromatic rings. The highest BCUT2D eigenvalue weighted by Gasteiger charge is 2.52. The smallest absolute Gasteiger partial charge is 0.399 e. The largest absolute Gasteiger partial charge is 0.495 e. The first-order chi connectivity index (χ1) is 21.0. The minimum Gasteiger partial charge on any atom is -0.399 e. The predicted molar refractivity (Wildman–Crippen MR) is 182 cm³/mol. The number of nitriles is 1. The van der Waals surface area contributed by atoms with Crippen molar-refractivity contribution in [3.05, 3.63) is 114 Å². The molecule has 6 aromatic carbocycles. The second-order valence-electron chi connectivity index (χ2n) is 13.9. The predicted octanol–water partition coefficient (Wildman–Crippen LogP) is 9.29. The van der Waals surface area contributed by atoms with Crippen LogP contribution in [0.5, 0.6) is 0 Å². The molecule has 0 unspecified atom stereocenters. The van der Waals surface area contributed by atoms with E-state index in [1.165, 1.54) is 60.3 Å². The quantitative estimate of drug-likeness (QED) is 0.154. The zero-order chi connectivity index (χ0) is 30.6. The van der Waals surface area contributed by atoms with Gasteiger partial charge in [-0.2, -0.15) is 5.26 Å². The third-order valence-corrected chi connectivity index (χ3v) is 10.5. The third kappa shape index (κ3) is 3.64. The minimum atomic E-state index is -0.456. The summed E-state index contributed by atoms with van der Waals surface area (Å²) in [7, 11) is -0.456. The highest BCUT2D eigenvalue weighted by atomic mass is 16.7. The zero-order valence-corrected chi connectivity index (χ0v) is 26.1. The van der Waals surface area contributed by atoms with Gasteiger partial charge in [-0.15, -0.1) is 0 Å². The van der Waals surface area contributed by atoms with E-state index in [1.807, 2.05) is 6.07 Å². The molecular formula is C40H34BNO2. The highest BCUT2D eigenvalue weighted by molar-refractivity contribution is 6.66. The van der Waals surface area contributed by atoms with Crippen molar-refractivity contribution in [3.8, 4) is 28.3 Å². The SMILES string of the molecule is CC1(C)c2cc(C#N)ccc2-c2c(-c3cc4c5ccccc5c(B5OC(C)(C)C(C)(C)O5)cc4c4ccccc34)cccc21. The molecule has 0 saturated carbocycles. The van der Waals surface area contributed by atoms with Crippen LogP contribution < -0.4 is 5.46 Å². The Morgan fingerprint density at radius 3 is 1.84 bits per heavy atom. The summed E-state index contributed by atoms with van der Waals surface area (Å²) >= 11 is 0. The summed E-state index contributed by atoms with van der Waals surface area (Å²) in [5, 5.41) is 16.8. The number of hydrogen-bond acceptors (Lipinski definition) is 3. The molecule has 0 aromatic heterocycles. The summed E-state index contributed by atoms with van der Waals surface area (Å²) < 4.78 is 13.2. The normalized spacial score (nSPS) is 17.6. The standard InChI is InChI=1S/C40H34BNO2/c1-38(2)34-17-11-16-29(37(34)30-19-18-24(23-42)20-35(30)38)31-21-32-27-14-9-10-15-28(27)36(41-43-39(3,4)40(5,6)44-41)22-33(32)26-13-8-7-12-25(26)31/h7-22H,1-6H3. The van der Waals surface area contributed by atoms with Crippen LogP contribution in [0.1, 0.15) is 58.2 Å². The van der Waals surface area contributed by atoms with E-state index in [2.05, 4.69) is 139 Å². The molecule has 1 heterocycles. The van der Waals surface area contributed by atoms with Gasteiger partial charge in [0.2, 0.25) is 0 Å². The molecule has 1 aliphatic carbocycles. The Balaban J connectivity index is 1.44. The lowest BCUT2D eigenvalue weighted by molar-refractivity contribution is 0.00578. The van der Waals surface area contributed by atoms with Crippen molar-refractivity contribution in [3.63, 3.8) is 0 Å². The number of nitrogens with zero attached hydrogens (tertiary/aromatic N) is 1. The maximum absolute atomic E-state index is 9.67. The van der Waals surface area contributed by atoms with Gasteiger partial charge in [-0.25, -0.2) is 0 Å². The molecule has 3 nitrogen and oxygen atoms in total. The number of rotatable bonds is 2. The van der Waals surface area contributed by atoms with Gasteiger partial charge >= 0.3 is 7.12 Å². The Morgan fingerprint density at radius 1 is 0.545 bits per heavy atom. The molecule has 1 saturated heterocycles.